The van der Waals surface area contributed by atoms with Crippen LogP contribution in [0.2, 0.25) is 0 Å². The van der Waals surface area contributed by atoms with Crippen molar-refractivity contribution < 1.29 is 19.1 Å². The maximum Gasteiger partial charge on any atom is 0.306 e. The SMILES string of the molecule is O=C(NC1CCC(C(=O)O)CC1)c1csc2c1C(CC1CCC(c3cccc(F)c3)=CC3=CC31)C=C2. The smallest absolute Gasteiger partial charge is 0.306 e. The average Bonchev–Trinajstić information content (AvgIpc) is 3.37. The van der Waals surface area contributed by atoms with E-state index >= 15 is 0 Å². The second-order valence-corrected chi connectivity index (χ2v) is 11.6. The van der Waals surface area contributed by atoms with Crippen LogP contribution < -0.4 is 5.32 Å². The molecule has 0 radical (unpaired) electrons. The van der Waals surface area contributed by atoms with Crippen LogP contribution in [-0.4, -0.2) is 23.0 Å². The van der Waals surface area contributed by atoms with E-state index in [4.69, 9.17) is 0 Å². The Kier molecular flexibility index (Phi) is 6.16. The van der Waals surface area contributed by atoms with E-state index in [0.717, 1.165) is 48.8 Å². The summed E-state index contributed by atoms with van der Waals surface area (Å²) in [6.45, 7) is 0. The van der Waals surface area contributed by atoms with Gasteiger partial charge in [0.05, 0.1) is 11.5 Å². The number of carbonyl (C=O) groups is 2. The largest absolute Gasteiger partial charge is 0.481 e. The number of hydrogen-bond acceptors (Lipinski definition) is 3. The third-order valence-corrected chi connectivity index (χ3v) is 9.36. The van der Waals surface area contributed by atoms with Gasteiger partial charge in [-0.05, 0) is 91.3 Å². The normalized spacial score (nSPS) is 28.4. The van der Waals surface area contributed by atoms with Crippen molar-refractivity contribution in [3.05, 3.63) is 80.8 Å². The van der Waals surface area contributed by atoms with Crippen molar-refractivity contribution in [2.75, 3.05) is 0 Å². The predicted octanol–water partition coefficient (Wildman–Crippen LogP) is 6.81. The lowest BCUT2D eigenvalue weighted by Crippen LogP contribution is -2.39. The summed E-state index contributed by atoms with van der Waals surface area (Å²) in [7, 11) is 0. The highest BCUT2D eigenvalue weighted by molar-refractivity contribution is 7.11. The first kappa shape index (κ1) is 23.4. The lowest BCUT2D eigenvalue weighted by atomic mass is 9.83. The molecule has 6 heteroatoms. The van der Waals surface area contributed by atoms with Crippen LogP contribution in [0.15, 0.2) is 53.4 Å². The van der Waals surface area contributed by atoms with Crippen LogP contribution in [0.4, 0.5) is 4.39 Å². The summed E-state index contributed by atoms with van der Waals surface area (Å²) in [5, 5.41) is 14.4. The van der Waals surface area contributed by atoms with Crippen molar-refractivity contribution >= 4 is 34.9 Å². The molecule has 186 valence electrons. The van der Waals surface area contributed by atoms with Gasteiger partial charge in [0.15, 0.2) is 0 Å². The number of benzene rings is 1. The number of amides is 1. The van der Waals surface area contributed by atoms with Gasteiger partial charge in [-0.25, -0.2) is 4.39 Å². The minimum absolute atomic E-state index is 0.0267. The second-order valence-electron chi connectivity index (χ2n) is 10.7. The summed E-state index contributed by atoms with van der Waals surface area (Å²) in [5.41, 5.74) is 5.48. The van der Waals surface area contributed by atoms with E-state index in [0.29, 0.717) is 24.7 Å². The van der Waals surface area contributed by atoms with Crippen LogP contribution in [0, 0.1) is 23.6 Å². The number of fused-ring (bicyclic) bond motifs is 2. The highest BCUT2D eigenvalue weighted by Gasteiger charge is 2.37. The number of hydrogen-bond donors (Lipinski definition) is 2. The number of carboxylic acids is 1. The Morgan fingerprint density at radius 3 is 2.75 bits per heavy atom. The Balaban J connectivity index is 1.11. The first-order valence-corrected chi connectivity index (χ1v) is 13.9. The Hall–Kier alpha value is -2.99. The lowest BCUT2D eigenvalue weighted by molar-refractivity contribution is -0.142. The Labute approximate surface area is 214 Å². The molecule has 4 aliphatic rings. The molecule has 2 aromatic rings. The third-order valence-electron chi connectivity index (χ3n) is 8.40. The summed E-state index contributed by atoms with van der Waals surface area (Å²) in [6, 6.07) is 6.93. The van der Waals surface area contributed by atoms with E-state index < -0.39 is 5.97 Å². The van der Waals surface area contributed by atoms with Crippen molar-refractivity contribution in [1.82, 2.24) is 5.32 Å². The summed E-state index contributed by atoms with van der Waals surface area (Å²) < 4.78 is 13.8. The maximum absolute atomic E-state index is 13.8. The highest BCUT2D eigenvalue weighted by Crippen LogP contribution is 2.50. The first-order chi connectivity index (χ1) is 17.5. The quantitative estimate of drug-likeness (QED) is 0.455. The van der Waals surface area contributed by atoms with E-state index in [1.165, 1.54) is 22.1 Å². The van der Waals surface area contributed by atoms with Gasteiger partial charge < -0.3 is 10.4 Å². The van der Waals surface area contributed by atoms with Gasteiger partial charge in [-0.1, -0.05) is 30.4 Å². The molecule has 1 fully saturated rings. The Bertz CT molecular complexity index is 1300. The molecule has 4 aliphatic carbocycles. The number of nitrogens with one attached hydrogen (secondary N) is 1. The molecular formula is C30H30FNO3S. The van der Waals surface area contributed by atoms with Gasteiger partial charge >= 0.3 is 5.97 Å². The maximum atomic E-state index is 13.8. The van der Waals surface area contributed by atoms with Gasteiger partial charge in [-0.2, -0.15) is 0 Å². The molecule has 3 unspecified atom stereocenters. The number of allylic oxidation sites excluding steroid dienone is 5. The zero-order chi connectivity index (χ0) is 24.8. The van der Waals surface area contributed by atoms with E-state index in [2.05, 4.69) is 29.6 Å². The predicted molar refractivity (Wildman–Crippen MR) is 140 cm³/mol. The fraction of sp³-hybridized carbons (Fsp3) is 0.400. The molecular weight excluding hydrogens is 473 g/mol. The van der Waals surface area contributed by atoms with Crippen LogP contribution in [0.25, 0.3) is 11.6 Å². The molecule has 3 atom stereocenters. The van der Waals surface area contributed by atoms with Crippen LogP contribution in [0.3, 0.4) is 0 Å². The molecule has 2 N–H and O–H groups in total. The molecule has 0 aliphatic heterocycles. The Morgan fingerprint density at radius 2 is 1.97 bits per heavy atom. The van der Waals surface area contributed by atoms with Crippen molar-refractivity contribution in [2.24, 2.45) is 17.8 Å². The molecule has 1 aromatic carbocycles. The van der Waals surface area contributed by atoms with Crippen molar-refractivity contribution in [2.45, 2.75) is 56.9 Å². The zero-order valence-electron chi connectivity index (χ0n) is 20.1. The van der Waals surface area contributed by atoms with Crippen LogP contribution in [0.1, 0.15) is 77.2 Å². The molecule has 0 bridgehead atoms. The monoisotopic (exact) mass is 503 g/mol. The highest BCUT2D eigenvalue weighted by atomic mass is 32.1. The molecule has 1 saturated carbocycles. The van der Waals surface area contributed by atoms with Gasteiger partial charge in [-0.3, -0.25) is 9.59 Å². The molecule has 1 aromatic heterocycles. The first-order valence-electron chi connectivity index (χ1n) is 13.0. The van der Waals surface area contributed by atoms with E-state index in [9.17, 15) is 19.1 Å². The molecule has 6 rings (SSSR count). The standard InChI is InChI=1S/C30H30FNO3S/c31-23-3-1-2-18(14-23)19-4-5-20(25-15-22(25)12-19)13-21-8-11-27-28(21)26(16-36-27)29(33)32-24-9-6-17(7-10-24)30(34)35/h1-3,8,11-12,14-17,20-21,24-25H,4-7,9-10,13H2,(H,32,33)(H,34,35). The molecule has 0 spiro atoms. The number of carbonyl (C=O) groups excluding carboxylic acids is 1. The minimum atomic E-state index is -0.727. The van der Waals surface area contributed by atoms with Crippen LogP contribution in [0.5, 0.6) is 0 Å². The van der Waals surface area contributed by atoms with Gasteiger partial charge in [-0.15, -0.1) is 11.3 Å². The zero-order valence-corrected chi connectivity index (χ0v) is 20.9. The number of carboxylic acid groups (broad SMARTS) is 1. The van der Waals surface area contributed by atoms with Gasteiger partial charge in [0.2, 0.25) is 0 Å². The lowest BCUT2D eigenvalue weighted by Gasteiger charge is -2.27. The van der Waals surface area contributed by atoms with Crippen molar-refractivity contribution in [3.8, 4) is 0 Å². The van der Waals surface area contributed by atoms with Crippen LogP contribution in [-0.2, 0) is 4.79 Å². The van der Waals surface area contributed by atoms with E-state index in [-0.39, 0.29) is 29.6 Å². The number of rotatable bonds is 6. The topological polar surface area (TPSA) is 66.4 Å². The van der Waals surface area contributed by atoms with Gasteiger partial charge in [0, 0.05) is 28.1 Å². The minimum Gasteiger partial charge on any atom is -0.481 e. The second kappa shape index (κ2) is 9.47. The molecule has 1 amide bonds. The summed E-state index contributed by atoms with van der Waals surface area (Å²) in [4.78, 5) is 25.7. The number of thiophene rings is 1. The number of aliphatic carboxylic acids is 1. The van der Waals surface area contributed by atoms with Crippen LogP contribution >= 0.6 is 11.3 Å². The van der Waals surface area contributed by atoms with Gasteiger partial charge in [0.25, 0.3) is 5.91 Å². The third kappa shape index (κ3) is 4.59. The summed E-state index contributed by atoms with van der Waals surface area (Å²) in [5.74, 6) is -0.0222. The summed E-state index contributed by atoms with van der Waals surface area (Å²) >= 11 is 1.63. The number of halogens is 1. The fourth-order valence-electron chi connectivity index (χ4n) is 6.33. The van der Waals surface area contributed by atoms with Crippen molar-refractivity contribution in [1.29, 1.82) is 0 Å². The Morgan fingerprint density at radius 1 is 1.14 bits per heavy atom. The molecule has 36 heavy (non-hydrogen) atoms. The fourth-order valence-corrected chi connectivity index (χ4v) is 7.35. The van der Waals surface area contributed by atoms with Gasteiger partial charge in [0.1, 0.15) is 5.82 Å². The molecule has 1 heterocycles. The summed E-state index contributed by atoms with van der Waals surface area (Å²) in [6.07, 6.45) is 14.6. The van der Waals surface area contributed by atoms with Crippen molar-refractivity contribution in [3.63, 3.8) is 0 Å². The molecule has 0 saturated heterocycles. The average molecular weight is 504 g/mol. The van der Waals surface area contributed by atoms with E-state index in [1.807, 2.05) is 11.4 Å². The van der Waals surface area contributed by atoms with E-state index in [1.54, 1.807) is 23.5 Å². The molecule has 4 nitrogen and oxygen atoms in total.